The predicted molar refractivity (Wildman–Crippen MR) is 73.0 cm³/mol. The van der Waals surface area contributed by atoms with Crippen molar-refractivity contribution < 1.29 is 8.42 Å². The molecule has 7 heteroatoms. The molecule has 19 heavy (non-hydrogen) atoms. The smallest absolute Gasteiger partial charge is 0.244 e. The minimum absolute atomic E-state index is 0.108. The summed E-state index contributed by atoms with van der Waals surface area (Å²) in [6.07, 6.45) is 5.05. The molecule has 0 atom stereocenters. The van der Waals surface area contributed by atoms with Crippen LogP contribution in [0.5, 0.6) is 0 Å². The highest BCUT2D eigenvalue weighted by atomic mass is 32.2. The van der Waals surface area contributed by atoms with Gasteiger partial charge < -0.3 is 5.73 Å². The third-order valence-electron chi connectivity index (χ3n) is 3.76. The fourth-order valence-corrected chi connectivity index (χ4v) is 4.62. The standard InChI is InChI=1S/C12H22N4O2S/c1-9-11(10(8-13)15-14-9)19(17,18)16-12(2)6-4-3-5-7-12/h16H,3-8,13H2,1-2H3,(H,14,15). The molecular formula is C12H22N4O2S. The van der Waals surface area contributed by atoms with Gasteiger partial charge in [0.15, 0.2) is 0 Å². The molecule has 0 aliphatic heterocycles. The number of aromatic nitrogens is 2. The van der Waals surface area contributed by atoms with Crippen LogP contribution in [-0.4, -0.2) is 24.2 Å². The largest absolute Gasteiger partial charge is 0.325 e. The van der Waals surface area contributed by atoms with E-state index in [4.69, 9.17) is 5.73 Å². The lowest BCUT2D eigenvalue weighted by molar-refractivity contribution is 0.294. The number of aryl methyl sites for hydroxylation is 1. The highest BCUT2D eigenvalue weighted by molar-refractivity contribution is 7.89. The monoisotopic (exact) mass is 286 g/mol. The van der Waals surface area contributed by atoms with Crippen LogP contribution < -0.4 is 10.5 Å². The average molecular weight is 286 g/mol. The molecule has 0 amide bonds. The van der Waals surface area contributed by atoms with Crippen LogP contribution in [0.4, 0.5) is 0 Å². The topological polar surface area (TPSA) is 101 Å². The quantitative estimate of drug-likeness (QED) is 0.773. The second-order valence-corrected chi connectivity index (χ2v) is 7.17. The van der Waals surface area contributed by atoms with Gasteiger partial charge in [0.1, 0.15) is 4.90 Å². The zero-order valence-corrected chi connectivity index (χ0v) is 12.3. The Labute approximate surface area is 114 Å². The molecule has 1 heterocycles. The fraction of sp³-hybridized carbons (Fsp3) is 0.750. The Balaban J connectivity index is 2.29. The summed E-state index contributed by atoms with van der Waals surface area (Å²) in [4.78, 5) is 0.210. The summed E-state index contributed by atoms with van der Waals surface area (Å²) in [5, 5.41) is 6.64. The van der Waals surface area contributed by atoms with Gasteiger partial charge in [0.25, 0.3) is 0 Å². The maximum absolute atomic E-state index is 12.5. The molecule has 1 aromatic rings. The number of nitrogens with one attached hydrogen (secondary N) is 2. The van der Waals surface area contributed by atoms with Crippen molar-refractivity contribution in [3.63, 3.8) is 0 Å². The first kappa shape index (κ1) is 14.5. The first-order valence-electron chi connectivity index (χ1n) is 6.66. The lowest BCUT2D eigenvalue weighted by Crippen LogP contribution is -2.47. The summed E-state index contributed by atoms with van der Waals surface area (Å²) in [6, 6.07) is 0. The number of sulfonamides is 1. The molecule has 0 bridgehead atoms. The molecule has 6 nitrogen and oxygen atoms in total. The summed E-state index contributed by atoms with van der Waals surface area (Å²) in [5.41, 5.74) is 6.13. The average Bonchev–Trinajstić information content (AvgIpc) is 2.70. The van der Waals surface area contributed by atoms with Crippen LogP contribution in [-0.2, 0) is 16.6 Å². The summed E-state index contributed by atoms with van der Waals surface area (Å²) < 4.78 is 27.9. The van der Waals surface area contributed by atoms with Crippen LogP contribution in [0.25, 0.3) is 0 Å². The van der Waals surface area contributed by atoms with Gasteiger partial charge in [-0.25, -0.2) is 13.1 Å². The molecule has 0 spiro atoms. The maximum Gasteiger partial charge on any atom is 0.244 e. The normalized spacial score (nSPS) is 19.5. The Morgan fingerprint density at radius 1 is 1.37 bits per heavy atom. The number of rotatable bonds is 4. The molecule has 0 saturated heterocycles. The lowest BCUT2D eigenvalue weighted by Gasteiger charge is -2.34. The highest BCUT2D eigenvalue weighted by Gasteiger charge is 2.34. The van der Waals surface area contributed by atoms with E-state index in [1.54, 1.807) is 6.92 Å². The molecule has 1 fully saturated rings. The fourth-order valence-electron chi connectivity index (χ4n) is 2.77. The van der Waals surface area contributed by atoms with Crippen LogP contribution in [0.3, 0.4) is 0 Å². The summed E-state index contributed by atoms with van der Waals surface area (Å²) in [7, 11) is -3.57. The lowest BCUT2D eigenvalue weighted by atomic mass is 9.84. The van der Waals surface area contributed by atoms with Crippen molar-refractivity contribution in [1.29, 1.82) is 0 Å². The van der Waals surface area contributed by atoms with Crippen LogP contribution in [0.1, 0.15) is 50.4 Å². The number of hydrogen-bond acceptors (Lipinski definition) is 4. The van der Waals surface area contributed by atoms with Gasteiger partial charge in [0, 0.05) is 12.1 Å². The van der Waals surface area contributed by atoms with Crippen molar-refractivity contribution in [3.05, 3.63) is 11.4 Å². The van der Waals surface area contributed by atoms with Gasteiger partial charge in [-0.2, -0.15) is 5.10 Å². The van der Waals surface area contributed by atoms with Crippen molar-refractivity contribution in [3.8, 4) is 0 Å². The molecule has 2 rings (SSSR count). The Kier molecular flexibility index (Phi) is 3.98. The van der Waals surface area contributed by atoms with E-state index in [0.717, 1.165) is 25.7 Å². The maximum atomic E-state index is 12.5. The summed E-state index contributed by atoms with van der Waals surface area (Å²) >= 11 is 0. The first-order valence-corrected chi connectivity index (χ1v) is 8.14. The number of H-pyrrole nitrogens is 1. The van der Waals surface area contributed by atoms with Gasteiger partial charge in [-0.1, -0.05) is 19.3 Å². The van der Waals surface area contributed by atoms with E-state index < -0.39 is 10.0 Å². The number of nitrogens with two attached hydrogens (primary N) is 1. The molecule has 1 saturated carbocycles. The zero-order valence-electron chi connectivity index (χ0n) is 11.5. The van der Waals surface area contributed by atoms with E-state index in [9.17, 15) is 8.42 Å². The summed E-state index contributed by atoms with van der Waals surface area (Å²) in [5.74, 6) is 0. The molecule has 108 valence electrons. The van der Waals surface area contributed by atoms with Crippen molar-refractivity contribution >= 4 is 10.0 Å². The molecular weight excluding hydrogens is 264 g/mol. The second-order valence-electron chi connectivity index (χ2n) is 5.56. The Morgan fingerprint density at radius 2 is 2.00 bits per heavy atom. The van der Waals surface area contributed by atoms with Crippen LogP contribution in [0, 0.1) is 6.92 Å². The van der Waals surface area contributed by atoms with E-state index in [-0.39, 0.29) is 17.0 Å². The van der Waals surface area contributed by atoms with Crippen molar-refractivity contribution in [2.24, 2.45) is 5.73 Å². The third kappa shape index (κ3) is 2.98. The number of hydrogen-bond donors (Lipinski definition) is 3. The highest BCUT2D eigenvalue weighted by Crippen LogP contribution is 2.30. The Bertz CT molecular complexity index is 544. The minimum Gasteiger partial charge on any atom is -0.325 e. The Hall–Kier alpha value is -0.920. The number of aromatic amines is 1. The van der Waals surface area contributed by atoms with Crippen LogP contribution in [0.2, 0.25) is 0 Å². The molecule has 1 aliphatic rings. The molecule has 0 unspecified atom stereocenters. The van der Waals surface area contributed by atoms with Gasteiger partial charge in [-0.15, -0.1) is 0 Å². The van der Waals surface area contributed by atoms with Gasteiger partial charge >= 0.3 is 0 Å². The number of nitrogens with zero attached hydrogens (tertiary/aromatic N) is 1. The zero-order chi connectivity index (χ0) is 14.1. The Morgan fingerprint density at radius 3 is 2.58 bits per heavy atom. The summed E-state index contributed by atoms with van der Waals surface area (Å²) in [6.45, 7) is 3.78. The van der Waals surface area contributed by atoms with Gasteiger partial charge in [0.2, 0.25) is 10.0 Å². The first-order chi connectivity index (χ1) is 8.88. The third-order valence-corrected chi connectivity index (χ3v) is 5.60. The van der Waals surface area contributed by atoms with E-state index >= 15 is 0 Å². The van der Waals surface area contributed by atoms with Crippen molar-refractivity contribution in [1.82, 2.24) is 14.9 Å². The molecule has 0 radical (unpaired) electrons. The van der Waals surface area contributed by atoms with E-state index in [1.165, 1.54) is 6.42 Å². The van der Waals surface area contributed by atoms with Gasteiger partial charge in [-0.3, -0.25) is 5.10 Å². The van der Waals surface area contributed by atoms with E-state index in [0.29, 0.717) is 11.4 Å². The van der Waals surface area contributed by atoms with E-state index in [1.807, 2.05) is 6.92 Å². The van der Waals surface area contributed by atoms with Crippen molar-refractivity contribution in [2.45, 2.75) is 62.9 Å². The molecule has 1 aromatic heterocycles. The molecule has 1 aliphatic carbocycles. The molecule has 4 N–H and O–H groups in total. The van der Waals surface area contributed by atoms with Gasteiger partial charge in [-0.05, 0) is 26.7 Å². The van der Waals surface area contributed by atoms with Crippen molar-refractivity contribution in [2.75, 3.05) is 0 Å². The molecule has 0 aromatic carbocycles. The minimum atomic E-state index is -3.57. The van der Waals surface area contributed by atoms with E-state index in [2.05, 4.69) is 14.9 Å². The van der Waals surface area contributed by atoms with Crippen LogP contribution >= 0.6 is 0 Å². The van der Waals surface area contributed by atoms with Crippen LogP contribution in [0.15, 0.2) is 4.90 Å². The SMILES string of the molecule is Cc1[nH]nc(CN)c1S(=O)(=O)NC1(C)CCCCC1. The second kappa shape index (κ2) is 5.22. The van der Waals surface area contributed by atoms with Gasteiger partial charge in [0.05, 0.1) is 11.4 Å². The predicted octanol–water partition coefficient (Wildman–Crippen LogP) is 1.18.